The van der Waals surface area contributed by atoms with E-state index in [4.69, 9.17) is 0 Å². The van der Waals surface area contributed by atoms with Crippen molar-refractivity contribution in [3.8, 4) is 0 Å². The Bertz CT molecular complexity index is 1060. The molecule has 3 aromatic rings. The van der Waals surface area contributed by atoms with E-state index in [1.165, 1.54) is 35.6 Å². The standard InChI is InChI=1S/C20H12BrFN2O2S/c21-12-3-1-4-14(11-12)23-18-17(16-5-2-10-27-16)19(25)24(20(18)26)15-8-6-13(22)7-9-15/h1-11,23H. The van der Waals surface area contributed by atoms with Crippen LogP contribution in [0.4, 0.5) is 15.8 Å². The maximum Gasteiger partial charge on any atom is 0.282 e. The smallest absolute Gasteiger partial charge is 0.282 e. The molecule has 4 nitrogen and oxygen atoms in total. The number of carbonyl (C=O) groups is 2. The fourth-order valence-electron chi connectivity index (χ4n) is 2.83. The van der Waals surface area contributed by atoms with Crippen molar-refractivity contribution in [2.24, 2.45) is 0 Å². The van der Waals surface area contributed by atoms with Crippen molar-refractivity contribution in [1.29, 1.82) is 0 Å². The summed E-state index contributed by atoms with van der Waals surface area (Å²) >= 11 is 4.77. The van der Waals surface area contributed by atoms with Gasteiger partial charge in [-0.1, -0.05) is 28.1 Å². The SMILES string of the molecule is O=C1C(Nc2cccc(Br)c2)=C(c2cccs2)C(=O)N1c1ccc(F)cc1. The summed E-state index contributed by atoms with van der Waals surface area (Å²) in [6, 6.07) is 16.2. The first-order valence-corrected chi connectivity index (χ1v) is 9.67. The lowest BCUT2D eigenvalue weighted by Crippen LogP contribution is -2.32. The molecule has 0 bridgehead atoms. The van der Waals surface area contributed by atoms with Crippen LogP contribution in [-0.2, 0) is 9.59 Å². The Balaban J connectivity index is 1.79. The van der Waals surface area contributed by atoms with Gasteiger partial charge in [0.25, 0.3) is 11.8 Å². The summed E-state index contributed by atoms with van der Waals surface area (Å²) in [7, 11) is 0. The number of hydrogen-bond donors (Lipinski definition) is 1. The normalized spacial score (nSPS) is 14.2. The van der Waals surface area contributed by atoms with Crippen molar-refractivity contribution in [3.63, 3.8) is 0 Å². The number of benzene rings is 2. The van der Waals surface area contributed by atoms with Crippen LogP contribution in [0, 0.1) is 5.82 Å². The third kappa shape index (κ3) is 3.31. The highest BCUT2D eigenvalue weighted by molar-refractivity contribution is 9.10. The van der Waals surface area contributed by atoms with E-state index in [1.807, 2.05) is 35.7 Å². The van der Waals surface area contributed by atoms with Crippen molar-refractivity contribution in [2.75, 3.05) is 10.2 Å². The summed E-state index contributed by atoms with van der Waals surface area (Å²) < 4.78 is 14.1. The van der Waals surface area contributed by atoms with Gasteiger partial charge >= 0.3 is 0 Å². The summed E-state index contributed by atoms with van der Waals surface area (Å²) in [5.74, 6) is -1.35. The molecule has 27 heavy (non-hydrogen) atoms. The Labute approximate surface area is 167 Å². The molecule has 0 saturated heterocycles. The van der Waals surface area contributed by atoms with Gasteiger partial charge < -0.3 is 5.32 Å². The van der Waals surface area contributed by atoms with Crippen molar-refractivity contribution < 1.29 is 14.0 Å². The molecule has 2 amide bonds. The number of nitrogens with zero attached hydrogens (tertiary/aromatic N) is 1. The Kier molecular flexibility index (Phi) is 4.63. The van der Waals surface area contributed by atoms with E-state index in [0.29, 0.717) is 21.8 Å². The fraction of sp³-hybridized carbons (Fsp3) is 0. The van der Waals surface area contributed by atoms with Crippen molar-refractivity contribution in [1.82, 2.24) is 0 Å². The first-order chi connectivity index (χ1) is 13.0. The van der Waals surface area contributed by atoms with Crippen molar-refractivity contribution in [3.05, 3.63) is 86.9 Å². The van der Waals surface area contributed by atoms with Crippen LogP contribution in [0.15, 0.2) is 76.2 Å². The van der Waals surface area contributed by atoms with E-state index in [9.17, 15) is 14.0 Å². The van der Waals surface area contributed by atoms with Gasteiger partial charge in [0.15, 0.2) is 0 Å². The summed E-state index contributed by atoms with van der Waals surface area (Å²) in [5.41, 5.74) is 1.51. The molecule has 1 aromatic heterocycles. The highest BCUT2D eigenvalue weighted by atomic mass is 79.9. The maximum absolute atomic E-state index is 13.3. The van der Waals surface area contributed by atoms with Gasteiger partial charge in [-0.3, -0.25) is 9.59 Å². The third-order valence-corrected chi connectivity index (χ3v) is 5.41. The van der Waals surface area contributed by atoms with Gasteiger partial charge in [0, 0.05) is 15.0 Å². The fourth-order valence-corrected chi connectivity index (χ4v) is 4.00. The first kappa shape index (κ1) is 17.6. The van der Waals surface area contributed by atoms with Crippen LogP contribution in [0.2, 0.25) is 0 Å². The average molecular weight is 443 g/mol. The molecular formula is C20H12BrFN2O2S. The van der Waals surface area contributed by atoms with Crippen LogP contribution in [0.3, 0.4) is 0 Å². The summed E-state index contributed by atoms with van der Waals surface area (Å²) in [5, 5.41) is 4.93. The number of imide groups is 1. The molecule has 0 aliphatic carbocycles. The minimum absolute atomic E-state index is 0.199. The summed E-state index contributed by atoms with van der Waals surface area (Å²) in [6.45, 7) is 0. The third-order valence-electron chi connectivity index (χ3n) is 4.03. The number of carbonyl (C=O) groups excluding carboxylic acids is 2. The van der Waals surface area contributed by atoms with Gasteiger partial charge in [-0.25, -0.2) is 9.29 Å². The summed E-state index contributed by atoms with van der Waals surface area (Å²) in [4.78, 5) is 27.9. The van der Waals surface area contributed by atoms with Gasteiger partial charge in [0.2, 0.25) is 0 Å². The number of halogens is 2. The molecule has 0 atom stereocenters. The first-order valence-electron chi connectivity index (χ1n) is 7.99. The topological polar surface area (TPSA) is 49.4 Å². The number of thiophene rings is 1. The Morgan fingerprint density at radius 1 is 0.963 bits per heavy atom. The Morgan fingerprint density at radius 2 is 1.74 bits per heavy atom. The van der Waals surface area contributed by atoms with Crippen LogP contribution >= 0.6 is 27.3 Å². The van der Waals surface area contributed by atoms with E-state index in [1.54, 1.807) is 6.07 Å². The molecule has 1 aliphatic rings. The van der Waals surface area contributed by atoms with Crippen LogP contribution in [0.1, 0.15) is 4.88 Å². The largest absolute Gasteiger partial charge is 0.350 e. The molecule has 134 valence electrons. The quantitative estimate of drug-likeness (QED) is 0.575. The molecule has 0 radical (unpaired) electrons. The highest BCUT2D eigenvalue weighted by Crippen LogP contribution is 2.35. The highest BCUT2D eigenvalue weighted by Gasteiger charge is 2.40. The molecule has 4 rings (SSSR count). The molecule has 2 heterocycles. The number of hydrogen-bond acceptors (Lipinski definition) is 4. The van der Waals surface area contributed by atoms with Crippen LogP contribution in [-0.4, -0.2) is 11.8 Å². The van der Waals surface area contributed by atoms with Gasteiger partial charge in [0.05, 0.1) is 11.3 Å². The molecule has 0 unspecified atom stereocenters. The van der Waals surface area contributed by atoms with Gasteiger partial charge in [0.1, 0.15) is 11.5 Å². The Hall–Kier alpha value is -2.77. The van der Waals surface area contributed by atoms with E-state index in [0.717, 1.165) is 9.37 Å². The van der Waals surface area contributed by atoms with Crippen LogP contribution in [0.25, 0.3) is 5.57 Å². The lowest BCUT2D eigenvalue weighted by molar-refractivity contribution is -0.120. The molecule has 0 saturated carbocycles. The molecule has 1 N–H and O–H groups in total. The minimum Gasteiger partial charge on any atom is -0.350 e. The predicted molar refractivity (Wildman–Crippen MR) is 108 cm³/mol. The molecule has 0 fully saturated rings. The lowest BCUT2D eigenvalue weighted by Gasteiger charge is -2.15. The molecule has 0 spiro atoms. The maximum atomic E-state index is 13.3. The molecule has 7 heteroatoms. The molecular weight excluding hydrogens is 431 g/mol. The zero-order valence-corrected chi connectivity index (χ0v) is 16.2. The lowest BCUT2D eigenvalue weighted by atomic mass is 10.2. The number of amides is 2. The predicted octanol–water partition coefficient (Wildman–Crippen LogP) is 5.05. The molecule has 2 aromatic carbocycles. The van der Waals surface area contributed by atoms with Crippen molar-refractivity contribution >= 4 is 56.0 Å². The van der Waals surface area contributed by atoms with E-state index in [2.05, 4.69) is 21.2 Å². The second kappa shape index (κ2) is 7.09. The summed E-state index contributed by atoms with van der Waals surface area (Å²) in [6.07, 6.45) is 0. The second-order valence-corrected chi connectivity index (χ2v) is 7.65. The number of anilines is 2. The minimum atomic E-state index is -0.477. The Morgan fingerprint density at radius 3 is 2.41 bits per heavy atom. The zero-order chi connectivity index (χ0) is 19.0. The van der Waals surface area contributed by atoms with Gasteiger partial charge in [-0.05, 0) is 53.9 Å². The monoisotopic (exact) mass is 442 g/mol. The number of nitrogens with one attached hydrogen (secondary N) is 1. The number of rotatable bonds is 4. The van der Waals surface area contributed by atoms with Gasteiger partial charge in [-0.15, -0.1) is 11.3 Å². The van der Waals surface area contributed by atoms with Gasteiger partial charge in [-0.2, -0.15) is 0 Å². The van der Waals surface area contributed by atoms with E-state index < -0.39 is 17.6 Å². The average Bonchev–Trinajstić information content (AvgIpc) is 3.24. The molecule has 1 aliphatic heterocycles. The van der Waals surface area contributed by atoms with Crippen molar-refractivity contribution in [2.45, 2.75) is 0 Å². The zero-order valence-electron chi connectivity index (χ0n) is 13.8. The van der Waals surface area contributed by atoms with Crippen LogP contribution in [0.5, 0.6) is 0 Å². The van der Waals surface area contributed by atoms with E-state index >= 15 is 0 Å². The second-order valence-electron chi connectivity index (χ2n) is 5.78. The van der Waals surface area contributed by atoms with E-state index in [-0.39, 0.29) is 5.70 Å². The van der Waals surface area contributed by atoms with Crippen LogP contribution < -0.4 is 10.2 Å².